The first-order valence-electron chi connectivity index (χ1n) is 19.5. The zero-order valence-electron chi connectivity index (χ0n) is 28.6. The topological polar surface area (TPSA) is 101 Å². The van der Waals surface area contributed by atoms with Gasteiger partial charge in [-0.15, -0.1) is 0 Å². The van der Waals surface area contributed by atoms with Crippen molar-refractivity contribution in [1.29, 1.82) is 0 Å². The number of hydrogen-bond acceptors (Lipinski definition) is 5. The second-order valence-corrected chi connectivity index (χ2v) is 14.3. The van der Waals surface area contributed by atoms with Crippen molar-refractivity contribution in [1.82, 2.24) is 0 Å². The van der Waals surface area contributed by atoms with E-state index in [2.05, 4.69) is 0 Å². The smallest absolute Gasteiger partial charge is 0.245 e. The van der Waals surface area contributed by atoms with E-state index < -0.39 is 17.7 Å². The Morgan fingerprint density at radius 1 is 0.279 bits per heavy atom. The fourth-order valence-corrected chi connectivity index (χ4v) is 6.84. The number of hydrogen-bond donors (Lipinski definition) is 5. The molecule has 1 fully saturated rings. The Morgan fingerprint density at radius 3 is 0.698 bits per heavy atom. The zero-order chi connectivity index (χ0) is 31.3. The summed E-state index contributed by atoms with van der Waals surface area (Å²) in [6.45, 7) is 0. The molecule has 0 heterocycles. The molecule has 0 amide bonds. The third-order valence-electron chi connectivity index (χ3n) is 10.1. The van der Waals surface area contributed by atoms with Crippen molar-refractivity contribution < 1.29 is 25.5 Å². The lowest BCUT2D eigenvalue weighted by Gasteiger charge is -2.38. The second-order valence-electron chi connectivity index (χ2n) is 14.3. The maximum Gasteiger partial charge on any atom is 0.245 e. The van der Waals surface area contributed by atoms with Crippen LogP contribution in [0.4, 0.5) is 0 Å². The Balaban J connectivity index is 2.26. The lowest BCUT2D eigenvalue weighted by atomic mass is 9.91. The summed E-state index contributed by atoms with van der Waals surface area (Å²) in [7, 11) is 0. The normalized spacial score (nSPS) is 26.9. The van der Waals surface area contributed by atoms with Crippen LogP contribution in [0.1, 0.15) is 225 Å². The SMILES string of the molecule is OC1CCCCCCCCCCCCCCCCCCCCCCCCCCCCCCCCCCCC(O)(O)C1(O)O. The Kier molecular flexibility index (Phi) is 26.6. The zero-order valence-corrected chi connectivity index (χ0v) is 28.6. The van der Waals surface area contributed by atoms with Crippen LogP contribution in [0.2, 0.25) is 0 Å². The minimum Gasteiger partial charge on any atom is -0.387 e. The predicted molar refractivity (Wildman–Crippen MR) is 182 cm³/mol. The van der Waals surface area contributed by atoms with Gasteiger partial charge in [0.2, 0.25) is 11.6 Å². The van der Waals surface area contributed by atoms with E-state index in [4.69, 9.17) is 0 Å². The Morgan fingerprint density at radius 2 is 0.465 bits per heavy atom. The summed E-state index contributed by atoms with van der Waals surface area (Å²) < 4.78 is 0. The molecule has 0 aromatic heterocycles. The van der Waals surface area contributed by atoms with Gasteiger partial charge in [0.05, 0.1) is 0 Å². The van der Waals surface area contributed by atoms with Gasteiger partial charge < -0.3 is 25.5 Å². The second kappa shape index (κ2) is 28.1. The van der Waals surface area contributed by atoms with Gasteiger partial charge in [-0.25, -0.2) is 0 Å². The Labute approximate surface area is 267 Å². The van der Waals surface area contributed by atoms with Crippen molar-refractivity contribution in [3.05, 3.63) is 0 Å². The molecule has 1 saturated carbocycles. The van der Waals surface area contributed by atoms with Crippen molar-refractivity contribution in [2.24, 2.45) is 0 Å². The van der Waals surface area contributed by atoms with Crippen molar-refractivity contribution in [2.45, 2.75) is 242 Å². The molecule has 5 nitrogen and oxygen atoms in total. The fourth-order valence-electron chi connectivity index (χ4n) is 6.84. The van der Waals surface area contributed by atoms with Gasteiger partial charge >= 0.3 is 0 Å². The van der Waals surface area contributed by atoms with Gasteiger partial charge in [0.1, 0.15) is 6.10 Å². The molecule has 1 rings (SSSR count). The van der Waals surface area contributed by atoms with Gasteiger partial charge in [0.25, 0.3) is 0 Å². The lowest BCUT2D eigenvalue weighted by molar-refractivity contribution is -0.386. The van der Waals surface area contributed by atoms with E-state index in [0.717, 1.165) is 32.1 Å². The van der Waals surface area contributed by atoms with Crippen LogP contribution in [0.5, 0.6) is 0 Å². The maximum atomic E-state index is 10.4. The summed E-state index contributed by atoms with van der Waals surface area (Å²) >= 11 is 0. The van der Waals surface area contributed by atoms with Gasteiger partial charge in [-0.05, 0) is 12.8 Å². The lowest BCUT2D eigenvalue weighted by Crippen LogP contribution is -2.61. The van der Waals surface area contributed by atoms with Gasteiger partial charge in [0, 0.05) is 6.42 Å². The number of aliphatic hydroxyl groups is 5. The number of rotatable bonds is 0. The predicted octanol–water partition coefficient (Wildman–Crippen LogP) is 10.4. The summed E-state index contributed by atoms with van der Waals surface area (Å²) in [6.07, 6.45) is 40.2. The highest BCUT2D eigenvalue weighted by Crippen LogP contribution is 2.29. The molecule has 0 saturated heterocycles. The average Bonchev–Trinajstić information content (AvgIpc) is 2.98. The first-order valence-corrected chi connectivity index (χ1v) is 19.5. The molecule has 1 atom stereocenters. The summed E-state index contributed by atoms with van der Waals surface area (Å²) in [5.41, 5.74) is 0. The van der Waals surface area contributed by atoms with Gasteiger partial charge in [-0.2, -0.15) is 0 Å². The van der Waals surface area contributed by atoms with Crippen LogP contribution in [0, 0.1) is 0 Å². The average molecular weight is 613 g/mol. The molecular weight excluding hydrogens is 536 g/mol. The van der Waals surface area contributed by atoms with Crippen molar-refractivity contribution in [3.63, 3.8) is 0 Å². The van der Waals surface area contributed by atoms with E-state index in [-0.39, 0.29) is 12.8 Å². The molecule has 5 N–H and O–H groups in total. The van der Waals surface area contributed by atoms with Crippen LogP contribution in [-0.4, -0.2) is 43.2 Å². The van der Waals surface area contributed by atoms with Crippen LogP contribution in [0.25, 0.3) is 0 Å². The molecule has 1 aliphatic rings. The highest BCUT2D eigenvalue weighted by Gasteiger charge is 2.51. The first-order chi connectivity index (χ1) is 20.9. The molecule has 0 aromatic rings. The van der Waals surface area contributed by atoms with Gasteiger partial charge in [0.15, 0.2) is 0 Å². The highest BCUT2D eigenvalue weighted by molar-refractivity contribution is 4.88. The van der Waals surface area contributed by atoms with Gasteiger partial charge in [-0.3, -0.25) is 0 Å². The summed E-state index contributed by atoms with van der Waals surface area (Å²) in [5, 5.41) is 51.8. The molecule has 1 unspecified atom stereocenters. The Bertz CT molecular complexity index is 579. The van der Waals surface area contributed by atoms with E-state index in [1.807, 2.05) is 0 Å². The molecule has 0 aliphatic heterocycles. The molecule has 0 spiro atoms. The van der Waals surface area contributed by atoms with E-state index in [1.165, 1.54) is 167 Å². The minimum absolute atomic E-state index is 0.142. The molecule has 0 aromatic carbocycles. The first kappa shape index (κ1) is 40.8. The third-order valence-corrected chi connectivity index (χ3v) is 10.1. The number of aliphatic hydroxyl groups excluding tert-OH is 1. The van der Waals surface area contributed by atoms with Crippen LogP contribution in [0.15, 0.2) is 0 Å². The van der Waals surface area contributed by atoms with Crippen molar-refractivity contribution in [2.75, 3.05) is 0 Å². The van der Waals surface area contributed by atoms with Crippen LogP contribution in [0.3, 0.4) is 0 Å². The van der Waals surface area contributed by atoms with E-state index >= 15 is 0 Å². The Hall–Kier alpha value is -0.200. The monoisotopic (exact) mass is 613 g/mol. The highest BCUT2D eigenvalue weighted by atomic mass is 16.6. The van der Waals surface area contributed by atoms with Crippen LogP contribution >= 0.6 is 0 Å². The van der Waals surface area contributed by atoms with E-state index in [1.54, 1.807) is 0 Å². The molecular formula is C38H76O5. The third kappa shape index (κ3) is 22.9. The summed E-state index contributed by atoms with van der Waals surface area (Å²) in [5.74, 6) is -5.60. The van der Waals surface area contributed by atoms with Crippen LogP contribution in [-0.2, 0) is 0 Å². The van der Waals surface area contributed by atoms with E-state index in [9.17, 15) is 25.5 Å². The quantitative estimate of drug-likeness (QED) is 0.175. The van der Waals surface area contributed by atoms with Crippen molar-refractivity contribution in [3.8, 4) is 0 Å². The standard InChI is InChI=1S/C38H76O5/c39-36-34-32-30-28-26-24-22-20-18-16-14-12-10-8-6-4-2-1-3-5-7-9-11-13-15-17-19-21-23-25-27-29-31-33-35-37(40,41)38(36,42)43/h36,39-43H,1-35H2. The fraction of sp³-hybridized carbons (Fsp3) is 1.00. The molecule has 0 bridgehead atoms. The van der Waals surface area contributed by atoms with Gasteiger partial charge in [-0.1, -0.05) is 205 Å². The molecule has 258 valence electrons. The van der Waals surface area contributed by atoms with E-state index in [0.29, 0.717) is 12.8 Å². The molecule has 43 heavy (non-hydrogen) atoms. The van der Waals surface area contributed by atoms with Crippen molar-refractivity contribution >= 4 is 0 Å². The minimum atomic E-state index is -2.90. The molecule has 1 aliphatic carbocycles. The van der Waals surface area contributed by atoms with Crippen LogP contribution < -0.4 is 0 Å². The molecule has 0 radical (unpaired) electrons. The maximum absolute atomic E-state index is 10.4. The summed E-state index contributed by atoms with van der Waals surface area (Å²) in [4.78, 5) is 0. The summed E-state index contributed by atoms with van der Waals surface area (Å²) in [6, 6.07) is 0. The largest absolute Gasteiger partial charge is 0.387 e. The molecule has 5 heteroatoms.